The number of fused-ring (bicyclic) bond motifs is 2. The molecule has 1 aromatic heterocycles. The summed E-state index contributed by atoms with van der Waals surface area (Å²) in [6.07, 6.45) is 3.06. The van der Waals surface area contributed by atoms with E-state index in [0.29, 0.717) is 50.3 Å². The summed E-state index contributed by atoms with van der Waals surface area (Å²) in [5.41, 5.74) is 5.13. The summed E-state index contributed by atoms with van der Waals surface area (Å²) in [7, 11) is 0. The number of aliphatic hydroxyl groups is 2. The third-order valence-electron chi connectivity index (χ3n) is 9.46. The van der Waals surface area contributed by atoms with E-state index in [0.717, 1.165) is 17.0 Å². The van der Waals surface area contributed by atoms with Crippen molar-refractivity contribution < 1.29 is 24.6 Å². The molecule has 5 unspecified atom stereocenters. The summed E-state index contributed by atoms with van der Waals surface area (Å²) < 4.78 is 0. The minimum Gasteiger partial charge on any atom is -0.396 e. The summed E-state index contributed by atoms with van der Waals surface area (Å²) in [4.78, 5) is 45.6. The number of nitrogens with two attached hydrogens (primary N) is 1. The molecule has 1 saturated heterocycles. The van der Waals surface area contributed by atoms with E-state index in [2.05, 4.69) is 12.2 Å². The van der Waals surface area contributed by atoms with Crippen LogP contribution in [0, 0.1) is 28.1 Å². The van der Waals surface area contributed by atoms with Crippen LogP contribution in [0.25, 0.3) is 0 Å². The van der Waals surface area contributed by atoms with Crippen LogP contribution in [0.1, 0.15) is 89.6 Å². The fraction of sp³-hybridized carbons (Fsp3) is 0.786. The van der Waals surface area contributed by atoms with Crippen molar-refractivity contribution >= 4 is 34.2 Å². The Morgan fingerprint density at radius 2 is 1.84 bits per heavy atom. The van der Waals surface area contributed by atoms with Crippen molar-refractivity contribution in [3.63, 3.8) is 0 Å². The maximum Gasteiger partial charge on any atom is 0.226 e. The molecule has 1 aromatic rings. The van der Waals surface area contributed by atoms with Gasteiger partial charge >= 0.3 is 0 Å². The maximum absolute atomic E-state index is 13.6. The van der Waals surface area contributed by atoms with E-state index in [9.17, 15) is 24.6 Å². The van der Waals surface area contributed by atoms with Gasteiger partial charge in [-0.05, 0) is 48.9 Å². The first kappa shape index (κ1) is 29.0. The number of likely N-dealkylation sites (tertiary alicyclic amines) is 1. The van der Waals surface area contributed by atoms with E-state index in [-0.39, 0.29) is 59.3 Å². The Labute approximate surface area is 229 Å². The van der Waals surface area contributed by atoms with E-state index >= 15 is 0 Å². The molecule has 0 bridgehead atoms. The monoisotopic (exact) mass is 548 g/mol. The highest BCUT2D eigenvalue weighted by Crippen LogP contribution is 2.63. The molecule has 212 valence electrons. The molecule has 3 amide bonds. The van der Waals surface area contributed by atoms with Crippen LogP contribution in [0.3, 0.4) is 0 Å². The van der Waals surface area contributed by atoms with Crippen molar-refractivity contribution in [1.29, 1.82) is 0 Å². The molecule has 9 nitrogen and oxygen atoms in total. The van der Waals surface area contributed by atoms with Gasteiger partial charge in [-0.25, -0.2) is 4.98 Å². The van der Waals surface area contributed by atoms with Crippen LogP contribution in [-0.4, -0.2) is 63.6 Å². The second-order valence-corrected chi connectivity index (χ2v) is 14.5. The van der Waals surface area contributed by atoms with Gasteiger partial charge in [-0.3, -0.25) is 14.4 Å². The smallest absolute Gasteiger partial charge is 0.226 e. The summed E-state index contributed by atoms with van der Waals surface area (Å²) in [5.74, 6) is -0.822. The van der Waals surface area contributed by atoms with E-state index in [4.69, 9.17) is 10.7 Å². The molecule has 0 spiro atoms. The van der Waals surface area contributed by atoms with Crippen molar-refractivity contribution in [2.24, 2.45) is 33.8 Å². The molecule has 2 fully saturated rings. The van der Waals surface area contributed by atoms with Gasteiger partial charge in [0, 0.05) is 48.1 Å². The van der Waals surface area contributed by atoms with Gasteiger partial charge in [-0.1, -0.05) is 34.6 Å². The minimum absolute atomic E-state index is 0.0221. The van der Waals surface area contributed by atoms with E-state index in [1.165, 1.54) is 11.3 Å². The SMILES string of the molecule is CC(C)(C)CC(=O)Nc1nc2c(s1)CC1C(C)(CO)C(O)CCC1(C)C2CC(=O)N1CCC(C(N)=O)CC1. The molecule has 1 saturated carbocycles. The number of carbonyl (C=O) groups excluding carboxylic acids is 3. The van der Waals surface area contributed by atoms with Crippen molar-refractivity contribution in [1.82, 2.24) is 9.88 Å². The van der Waals surface area contributed by atoms with E-state index in [1.807, 2.05) is 32.6 Å². The Balaban J connectivity index is 1.65. The number of hydrogen-bond acceptors (Lipinski definition) is 7. The molecule has 5 N–H and O–H groups in total. The van der Waals surface area contributed by atoms with Crippen LogP contribution in [0.2, 0.25) is 0 Å². The molecular weight excluding hydrogens is 504 g/mol. The van der Waals surface area contributed by atoms with Gasteiger partial charge in [0.15, 0.2) is 5.13 Å². The Morgan fingerprint density at radius 3 is 2.42 bits per heavy atom. The lowest BCUT2D eigenvalue weighted by atomic mass is 9.47. The lowest BCUT2D eigenvalue weighted by molar-refractivity contribution is -0.148. The molecule has 4 rings (SSSR count). The zero-order valence-electron chi connectivity index (χ0n) is 23.4. The molecule has 0 radical (unpaired) electrons. The van der Waals surface area contributed by atoms with Crippen molar-refractivity contribution in [3.8, 4) is 0 Å². The number of aliphatic hydroxyl groups excluding tert-OH is 2. The zero-order chi connectivity index (χ0) is 28.0. The predicted molar refractivity (Wildman–Crippen MR) is 146 cm³/mol. The first-order valence-electron chi connectivity index (χ1n) is 13.8. The molecule has 2 aliphatic carbocycles. The maximum atomic E-state index is 13.6. The number of nitrogens with one attached hydrogen (secondary N) is 1. The van der Waals surface area contributed by atoms with Gasteiger partial charge in [-0.2, -0.15) is 0 Å². The van der Waals surface area contributed by atoms with Gasteiger partial charge in [0.1, 0.15) is 0 Å². The normalized spacial score (nSPS) is 31.9. The minimum atomic E-state index is -0.703. The fourth-order valence-corrected chi connectivity index (χ4v) is 8.15. The van der Waals surface area contributed by atoms with Crippen molar-refractivity contribution in [2.75, 3.05) is 25.0 Å². The van der Waals surface area contributed by atoms with E-state index in [1.54, 1.807) is 0 Å². The number of amides is 3. The number of aromatic nitrogens is 1. The number of nitrogens with zero attached hydrogens (tertiary/aromatic N) is 2. The number of thiazole rings is 1. The van der Waals surface area contributed by atoms with E-state index < -0.39 is 11.5 Å². The number of hydrogen-bond donors (Lipinski definition) is 4. The second kappa shape index (κ2) is 10.5. The fourth-order valence-electron chi connectivity index (χ4n) is 7.06. The van der Waals surface area contributed by atoms with Crippen molar-refractivity contribution in [3.05, 3.63) is 10.6 Å². The Hall–Kier alpha value is -2.04. The van der Waals surface area contributed by atoms with Gasteiger partial charge in [0.05, 0.1) is 18.4 Å². The van der Waals surface area contributed by atoms with Gasteiger partial charge in [0.25, 0.3) is 0 Å². The van der Waals surface area contributed by atoms with Crippen LogP contribution in [0.15, 0.2) is 0 Å². The number of carbonyl (C=O) groups is 3. The van der Waals surface area contributed by atoms with Gasteiger partial charge in [0.2, 0.25) is 17.7 Å². The average molecular weight is 549 g/mol. The highest BCUT2D eigenvalue weighted by Gasteiger charge is 2.59. The second-order valence-electron chi connectivity index (χ2n) is 13.4. The molecule has 38 heavy (non-hydrogen) atoms. The van der Waals surface area contributed by atoms with Crippen LogP contribution < -0.4 is 11.1 Å². The van der Waals surface area contributed by atoms with Crippen molar-refractivity contribution in [2.45, 2.75) is 91.6 Å². The average Bonchev–Trinajstić information content (AvgIpc) is 3.23. The zero-order valence-corrected chi connectivity index (χ0v) is 24.2. The number of anilines is 1. The van der Waals surface area contributed by atoms with Crippen LogP contribution in [0.4, 0.5) is 5.13 Å². The lowest BCUT2D eigenvalue weighted by Gasteiger charge is -2.58. The van der Waals surface area contributed by atoms with Crippen LogP contribution in [-0.2, 0) is 20.8 Å². The Morgan fingerprint density at radius 1 is 1.18 bits per heavy atom. The van der Waals surface area contributed by atoms with Gasteiger partial charge < -0.3 is 26.2 Å². The number of piperidine rings is 1. The third kappa shape index (κ3) is 5.49. The molecular formula is C28H44N4O5S. The summed E-state index contributed by atoms with van der Waals surface area (Å²) in [6, 6.07) is 0. The topological polar surface area (TPSA) is 146 Å². The largest absolute Gasteiger partial charge is 0.396 e. The number of primary amides is 1. The third-order valence-corrected chi connectivity index (χ3v) is 10.5. The standard InChI is InChI=1S/C28H44N4O5S/c1-26(2,3)14-21(35)30-25-31-23-17(12-22(36)32-10-7-16(8-11-32)24(29)37)27(4)9-6-20(34)28(5,15-33)19(27)13-18(23)38-25/h16-17,19-20,33-34H,6-15H2,1-5H3,(H2,29,37)(H,30,31,35). The van der Waals surface area contributed by atoms with Crippen LogP contribution in [0.5, 0.6) is 0 Å². The molecule has 5 atom stereocenters. The molecule has 3 aliphatic rings. The molecule has 10 heteroatoms. The van der Waals surface area contributed by atoms with Gasteiger partial charge in [-0.15, -0.1) is 11.3 Å². The summed E-state index contributed by atoms with van der Waals surface area (Å²) >= 11 is 1.44. The van der Waals surface area contributed by atoms with Crippen LogP contribution >= 0.6 is 11.3 Å². The highest BCUT2D eigenvalue weighted by atomic mass is 32.1. The number of rotatable bonds is 6. The molecule has 0 aromatic carbocycles. The molecule has 1 aliphatic heterocycles. The lowest BCUT2D eigenvalue weighted by Crippen LogP contribution is -2.58. The molecule has 2 heterocycles. The quantitative estimate of drug-likeness (QED) is 0.430. The Bertz CT molecular complexity index is 1080. The first-order valence-corrected chi connectivity index (χ1v) is 14.6. The summed E-state index contributed by atoms with van der Waals surface area (Å²) in [6.45, 7) is 11.0. The first-order chi connectivity index (χ1) is 17.7. The highest BCUT2D eigenvalue weighted by molar-refractivity contribution is 7.15. The Kier molecular flexibility index (Phi) is 8.00. The summed E-state index contributed by atoms with van der Waals surface area (Å²) in [5, 5.41) is 24.9. The predicted octanol–water partition coefficient (Wildman–Crippen LogP) is 3.05.